The maximum Gasteiger partial charge on any atom is 0.305 e. The van der Waals surface area contributed by atoms with Gasteiger partial charge in [-0.25, -0.2) is 4.68 Å². The first-order valence-electron chi connectivity index (χ1n) is 10.3. The molecule has 1 aromatic carbocycles. The molecule has 1 amide bonds. The third kappa shape index (κ3) is 5.17. The van der Waals surface area contributed by atoms with Gasteiger partial charge in [-0.05, 0) is 57.0 Å². The van der Waals surface area contributed by atoms with Crippen molar-refractivity contribution in [2.24, 2.45) is 0 Å². The summed E-state index contributed by atoms with van der Waals surface area (Å²) in [6.07, 6.45) is 3.21. The quantitative estimate of drug-likeness (QED) is 0.528. The van der Waals surface area contributed by atoms with Crippen LogP contribution in [0, 0.1) is 13.8 Å². The number of aromatic nitrogens is 5. The van der Waals surface area contributed by atoms with E-state index < -0.39 is 0 Å². The molecule has 0 saturated heterocycles. The molecule has 0 saturated carbocycles. The van der Waals surface area contributed by atoms with Gasteiger partial charge in [-0.15, -0.1) is 10.2 Å². The highest BCUT2D eigenvalue weighted by Gasteiger charge is 2.15. The molecule has 0 unspecified atom stereocenters. The number of nitrogens with zero attached hydrogens (tertiary/aromatic N) is 5. The van der Waals surface area contributed by atoms with E-state index in [9.17, 15) is 9.59 Å². The zero-order chi connectivity index (χ0) is 22.4. The van der Waals surface area contributed by atoms with Crippen LogP contribution in [0.2, 0.25) is 0 Å². The van der Waals surface area contributed by atoms with Gasteiger partial charge >= 0.3 is 5.97 Å². The van der Waals surface area contributed by atoms with Crippen LogP contribution in [0.25, 0.3) is 5.69 Å². The number of ether oxygens (including phenoxy) is 1. The van der Waals surface area contributed by atoms with Crippen molar-refractivity contribution in [2.45, 2.75) is 46.6 Å². The van der Waals surface area contributed by atoms with E-state index >= 15 is 0 Å². The first-order valence-corrected chi connectivity index (χ1v) is 10.3. The van der Waals surface area contributed by atoms with E-state index in [1.165, 1.54) is 7.11 Å². The Morgan fingerprint density at radius 2 is 1.87 bits per heavy atom. The fourth-order valence-corrected chi connectivity index (χ4v) is 3.50. The van der Waals surface area contributed by atoms with Crippen LogP contribution in [0.1, 0.15) is 46.5 Å². The molecule has 31 heavy (non-hydrogen) atoms. The van der Waals surface area contributed by atoms with E-state index in [-0.39, 0.29) is 11.9 Å². The molecule has 0 aliphatic carbocycles. The Bertz CT molecular complexity index is 1050. The minimum absolute atomic E-state index is 0.138. The molecule has 1 N–H and O–H groups in total. The summed E-state index contributed by atoms with van der Waals surface area (Å²) in [4.78, 5) is 23.9. The Morgan fingerprint density at radius 3 is 2.55 bits per heavy atom. The third-order valence-electron chi connectivity index (χ3n) is 5.29. The van der Waals surface area contributed by atoms with Crippen LogP contribution < -0.4 is 5.32 Å². The van der Waals surface area contributed by atoms with E-state index in [0.29, 0.717) is 31.4 Å². The summed E-state index contributed by atoms with van der Waals surface area (Å²) in [6, 6.07) is 7.30. The van der Waals surface area contributed by atoms with Gasteiger partial charge in [0.15, 0.2) is 0 Å². The van der Waals surface area contributed by atoms with E-state index in [4.69, 9.17) is 4.74 Å². The molecule has 2 heterocycles. The maximum atomic E-state index is 12.5. The summed E-state index contributed by atoms with van der Waals surface area (Å²) in [5.74, 6) is 0.476. The Labute approximate surface area is 181 Å². The topological polar surface area (TPSA) is 104 Å². The van der Waals surface area contributed by atoms with E-state index in [1.54, 1.807) is 18.5 Å². The second-order valence-electron chi connectivity index (χ2n) is 7.22. The molecule has 9 nitrogen and oxygen atoms in total. The van der Waals surface area contributed by atoms with Crippen molar-refractivity contribution in [3.63, 3.8) is 0 Å². The van der Waals surface area contributed by atoms with Gasteiger partial charge in [-0.1, -0.05) is 0 Å². The summed E-state index contributed by atoms with van der Waals surface area (Å²) in [7, 11) is 1.39. The Kier molecular flexibility index (Phi) is 7.17. The molecule has 3 aromatic rings. The van der Waals surface area contributed by atoms with Crippen molar-refractivity contribution < 1.29 is 14.3 Å². The van der Waals surface area contributed by atoms with Crippen LogP contribution >= 0.6 is 0 Å². The lowest BCUT2D eigenvalue weighted by Gasteiger charge is -2.08. The predicted octanol–water partition coefficient (Wildman–Crippen LogP) is 2.18. The smallest absolute Gasteiger partial charge is 0.305 e. The number of amides is 1. The normalized spacial score (nSPS) is 10.8. The number of aryl methyl sites for hydroxylation is 2. The molecule has 0 aliphatic rings. The zero-order valence-electron chi connectivity index (χ0n) is 18.4. The number of esters is 1. The fourth-order valence-electron chi connectivity index (χ4n) is 3.50. The van der Waals surface area contributed by atoms with Gasteiger partial charge in [0.2, 0.25) is 0 Å². The highest BCUT2D eigenvalue weighted by atomic mass is 16.5. The summed E-state index contributed by atoms with van der Waals surface area (Å²) < 4.78 is 8.52. The average Bonchev–Trinajstić information content (AvgIpc) is 3.35. The molecule has 0 atom stereocenters. The number of hydrogen-bond acceptors (Lipinski definition) is 6. The lowest BCUT2D eigenvalue weighted by molar-refractivity contribution is -0.140. The van der Waals surface area contributed by atoms with Gasteiger partial charge in [0, 0.05) is 37.2 Å². The van der Waals surface area contributed by atoms with Gasteiger partial charge in [-0.3, -0.25) is 9.59 Å². The molecular weight excluding hydrogens is 396 g/mol. The molecule has 2 aromatic heterocycles. The van der Waals surface area contributed by atoms with Crippen LogP contribution in [0.3, 0.4) is 0 Å². The van der Waals surface area contributed by atoms with Gasteiger partial charge in [0.25, 0.3) is 5.91 Å². The number of methoxy groups -OCH3 is 1. The minimum Gasteiger partial charge on any atom is -0.469 e. The van der Waals surface area contributed by atoms with Crippen molar-refractivity contribution in [3.8, 4) is 5.69 Å². The first kappa shape index (κ1) is 22.2. The van der Waals surface area contributed by atoms with Crippen LogP contribution in [0.5, 0.6) is 0 Å². The van der Waals surface area contributed by atoms with Gasteiger partial charge in [0.05, 0.1) is 18.5 Å². The van der Waals surface area contributed by atoms with E-state index in [1.807, 2.05) is 42.2 Å². The zero-order valence-corrected chi connectivity index (χ0v) is 18.4. The van der Waals surface area contributed by atoms with Crippen molar-refractivity contribution in [1.82, 2.24) is 29.9 Å². The van der Waals surface area contributed by atoms with Crippen molar-refractivity contribution >= 4 is 11.9 Å². The highest BCUT2D eigenvalue weighted by molar-refractivity contribution is 5.94. The summed E-state index contributed by atoms with van der Waals surface area (Å²) in [6.45, 7) is 7.21. The van der Waals surface area contributed by atoms with E-state index in [0.717, 1.165) is 35.0 Å². The molecule has 3 rings (SSSR count). The van der Waals surface area contributed by atoms with Crippen LogP contribution in [-0.2, 0) is 28.9 Å². The summed E-state index contributed by atoms with van der Waals surface area (Å²) in [5.41, 5.74) is 4.32. The Hall–Kier alpha value is -3.49. The van der Waals surface area contributed by atoms with Crippen LogP contribution in [0.15, 0.2) is 30.6 Å². The average molecular weight is 425 g/mol. The molecule has 0 bridgehead atoms. The molecular formula is C22H28N6O3. The number of hydrogen-bond donors (Lipinski definition) is 1. The number of carbonyl (C=O) groups is 2. The van der Waals surface area contributed by atoms with Crippen LogP contribution in [0.4, 0.5) is 0 Å². The largest absolute Gasteiger partial charge is 0.469 e. The third-order valence-corrected chi connectivity index (χ3v) is 5.29. The summed E-state index contributed by atoms with van der Waals surface area (Å²) >= 11 is 0. The summed E-state index contributed by atoms with van der Waals surface area (Å²) in [5, 5.41) is 15.5. The monoisotopic (exact) mass is 424 g/mol. The van der Waals surface area contributed by atoms with Crippen molar-refractivity contribution in [2.75, 3.05) is 13.7 Å². The molecule has 9 heteroatoms. The number of benzene rings is 1. The minimum atomic E-state index is -0.239. The van der Waals surface area contributed by atoms with Crippen LogP contribution in [-0.4, -0.2) is 50.1 Å². The lowest BCUT2D eigenvalue weighted by Crippen LogP contribution is -2.26. The Balaban J connectivity index is 1.63. The van der Waals surface area contributed by atoms with E-state index in [2.05, 4.69) is 20.6 Å². The predicted molar refractivity (Wildman–Crippen MR) is 115 cm³/mol. The molecule has 0 radical (unpaired) electrons. The number of rotatable bonds is 9. The van der Waals surface area contributed by atoms with Crippen molar-refractivity contribution in [3.05, 3.63) is 58.9 Å². The lowest BCUT2D eigenvalue weighted by atomic mass is 10.1. The SMILES string of the molecule is CCn1cnnc1CCNC(=O)c1ccc(-n2nc(C)c(CCC(=O)OC)c2C)cc1. The second-order valence-corrected chi connectivity index (χ2v) is 7.22. The van der Waals surface area contributed by atoms with Crippen molar-refractivity contribution in [1.29, 1.82) is 0 Å². The molecule has 0 fully saturated rings. The molecule has 164 valence electrons. The van der Waals surface area contributed by atoms with Gasteiger partial charge in [-0.2, -0.15) is 5.10 Å². The number of nitrogens with one attached hydrogen (secondary N) is 1. The highest BCUT2D eigenvalue weighted by Crippen LogP contribution is 2.20. The second kappa shape index (κ2) is 10.0. The maximum absolute atomic E-state index is 12.5. The molecule has 0 spiro atoms. The molecule has 0 aliphatic heterocycles. The Morgan fingerprint density at radius 1 is 1.13 bits per heavy atom. The number of carbonyl (C=O) groups excluding carboxylic acids is 2. The first-order chi connectivity index (χ1) is 14.9. The standard InChI is InChI=1S/C22H28N6O3/c1-5-27-14-24-25-20(27)12-13-23-22(30)17-6-8-18(9-7-17)28-16(3)19(15(2)26-28)10-11-21(29)31-4/h6-9,14H,5,10-13H2,1-4H3,(H,23,30). The van der Waals surface area contributed by atoms with Gasteiger partial charge in [0.1, 0.15) is 12.2 Å². The fraction of sp³-hybridized carbons (Fsp3) is 0.409. The van der Waals surface area contributed by atoms with Gasteiger partial charge < -0.3 is 14.6 Å².